The van der Waals surface area contributed by atoms with Crippen LogP contribution in [0.1, 0.15) is 10.5 Å². The summed E-state index contributed by atoms with van der Waals surface area (Å²) in [5.41, 5.74) is 6.46. The lowest BCUT2D eigenvalue weighted by atomic mass is 10.1. The number of methoxy groups -OCH3 is 1. The third-order valence-electron chi connectivity index (χ3n) is 3.99. The smallest absolute Gasteiger partial charge is 0.271 e. The fourth-order valence-corrected chi connectivity index (χ4v) is 2.65. The van der Waals surface area contributed by atoms with Crippen LogP contribution in [0, 0.1) is 0 Å². The van der Waals surface area contributed by atoms with Gasteiger partial charge < -0.3 is 19.9 Å². The molecule has 134 valence electrons. The van der Waals surface area contributed by atoms with E-state index in [4.69, 9.17) is 19.9 Å². The maximum absolute atomic E-state index is 11.4. The number of H-pyrrole nitrogens is 1. The van der Waals surface area contributed by atoms with Crippen molar-refractivity contribution < 1.29 is 19.0 Å². The van der Waals surface area contributed by atoms with Crippen molar-refractivity contribution in [3.05, 3.63) is 23.9 Å². The zero-order valence-corrected chi connectivity index (χ0v) is 14.0. The molecule has 9 nitrogen and oxygen atoms in total. The molecule has 0 unspecified atom stereocenters. The fraction of sp³-hybridized carbons (Fsp3) is 0.438. The number of morpholine rings is 1. The molecule has 3 N–H and O–H groups in total. The summed E-state index contributed by atoms with van der Waals surface area (Å²) in [6.45, 7) is 4.62. The molecule has 25 heavy (non-hydrogen) atoms. The SMILES string of the molecule is COc1ccc(-c2n[nH]nc2C(N)=O)cc1OCCN1CCOCC1. The molecule has 0 spiro atoms. The van der Waals surface area contributed by atoms with Crippen molar-refractivity contribution >= 4 is 5.91 Å². The number of ether oxygens (including phenoxy) is 3. The van der Waals surface area contributed by atoms with Gasteiger partial charge in [-0.3, -0.25) is 9.69 Å². The summed E-state index contributed by atoms with van der Waals surface area (Å²) in [4.78, 5) is 13.7. The Morgan fingerprint density at radius 2 is 2.12 bits per heavy atom. The number of amides is 1. The Morgan fingerprint density at radius 1 is 1.32 bits per heavy atom. The van der Waals surface area contributed by atoms with Crippen LogP contribution < -0.4 is 15.2 Å². The van der Waals surface area contributed by atoms with Gasteiger partial charge in [-0.1, -0.05) is 0 Å². The molecule has 0 radical (unpaired) electrons. The number of aromatic amines is 1. The van der Waals surface area contributed by atoms with E-state index in [1.54, 1.807) is 25.3 Å². The molecule has 0 bridgehead atoms. The number of benzene rings is 1. The summed E-state index contributed by atoms with van der Waals surface area (Å²) in [7, 11) is 1.58. The Labute approximate surface area is 145 Å². The molecule has 2 heterocycles. The van der Waals surface area contributed by atoms with Gasteiger partial charge in [-0.25, -0.2) is 0 Å². The molecule has 0 aliphatic carbocycles. The van der Waals surface area contributed by atoms with Crippen molar-refractivity contribution in [2.45, 2.75) is 0 Å². The molecule has 9 heteroatoms. The predicted octanol–water partition coefficient (Wildman–Crippen LogP) is 0.290. The quantitative estimate of drug-likeness (QED) is 0.739. The first kappa shape index (κ1) is 17.2. The van der Waals surface area contributed by atoms with Crippen molar-refractivity contribution in [2.24, 2.45) is 5.73 Å². The zero-order chi connectivity index (χ0) is 17.6. The number of primary amides is 1. The summed E-state index contributed by atoms with van der Waals surface area (Å²) in [6, 6.07) is 5.30. The van der Waals surface area contributed by atoms with E-state index in [-0.39, 0.29) is 5.69 Å². The minimum absolute atomic E-state index is 0.0874. The van der Waals surface area contributed by atoms with E-state index in [1.807, 2.05) is 0 Å². The number of carbonyl (C=O) groups excluding carboxylic acids is 1. The number of hydrogen-bond acceptors (Lipinski definition) is 7. The number of rotatable bonds is 7. The largest absolute Gasteiger partial charge is 0.493 e. The normalized spacial score (nSPS) is 15.1. The van der Waals surface area contributed by atoms with E-state index >= 15 is 0 Å². The Balaban J connectivity index is 1.73. The number of carbonyl (C=O) groups is 1. The third-order valence-corrected chi connectivity index (χ3v) is 3.99. The molecule has 1 fully saturated rings. The summed E-state index contributed by atoms with van der Waals surface area (Å²) < 4.78 is 16.6. The standard InChI is InChI=1S/C16H21N5O4/c1-23-12-3-2-11(14-15(16(17)22)19-20-18-14)10-13(12)25-9-6-21-4-7-24-8-5-21/h2-3,10H,4-9H2,1H3,(H2,17,22)(H,18,19,20). The third kappa shape index (κ3) is 4.06. The number of nitrogens with zero attached hydrogens (tertiary/aromatic N) is 3. The zero-order valence-electron chi connectivity index (χ0n) is 14.0. The Bertz CT molecular complexity index is 727. The van der Waals surface area contributed by atoms with Gasteiger partial charge in [0.25, 0.3) is 5.91 Å². The highest BCUT2D eigenvalue weighted by atomic mass is 16.5. The predicted molar refractivity (Wildman–Crippen MR) is 89.6 cm³/mol. The Morgan fingerprint density at radius 3 is 2.84 bits per heavy atom. The molecule has 1 aromatic heterocycles. The number of nitrogens with one attached hydrogen (secondary N) is 1. The van der Waals surface area contributed by atoms with Gasteiger partial charge in [0.05, 0.1) is 20.3 Å². The topological polar surface area (TPSA) is 116 Å². The van der Waals surface area contributed by atoms with Gasteiger partial charge in [0.2, 0.25) is 0 Å². The molecule has 3 rings (SSSR count). The summed E-state index contributed by atoms with van der Waals surface area (Å²) in [5.74, 6) is 0.538. The monoisotopic (exact) mass is 347 g/mol. The number of hydrogen-bond donors (Lipinski definition) is 2. The minimum atomic E-state index is -0.644. The molecular formula is C16H21N5O4. The van der Waals surface area contributed by atoms with Crippen LogP contribution in [-0.2, 0) is 4.74 Å². The van der Waals surface area contributed by atoms with Gasteiger partial charge >= 0.3 is 0 Å². The van der Waals surface area contributed by atoms with E-state index < -0.39 is 5.91 Å². The second kappa shape index (κ2) is 7.95. The number of nitrogens with two attached hydrogens (primary N) is 1. The van der Waals surface area contributed by atoms with E-state index in [0.29, 0.717) is 29.4 Å². The average Bonchev–Trinajstić information content (AvgIpc) is 3.12. The highest BCUT2D eigenvalue weighted by Crippen LogP contribution is 2.32. The molecule has 1 aliphatic heterocycles. The van der Waals surface area contributed by atoms with Crippen molar-refractivity contribution in [3.8, 4) is 22.8 Å². The minimum Gasteiger partial charge on any atom is -0.493 e. The van der Waals surface area contributed by atoms with E-state index in [2.05, 4.69) is 20.3 Å². The van der Waals surface area contributed by atoms with Crippen LogP contribution in [0.15, 0.2) is 18.2 Å². The van der Waals surface area contributed by atoms with Crippen LogP contribution in [0.25, 0.3) is 11.3 Å². The van der Waals surface area contributed by atoms with Gasteiger partial charge in [-0.15, -0.1) is 0 Å². The van der Waals surface area contributed by atoms with E-state index in [0.717, 1.165) is 32.8 Å². The van der Waals surface area contributed by atoms with Gasteiger partial charge in [0.15, 0.2) is 17.2 Å². The molecule has 1 aromatic carbocycles. The lowest BCUT2D eigenvalue weighted by Gasteiger charge is -2.26. The first-order chi connectivity index (χ1) is 12.2. The Hall–Kier alpha value is -2.65. The molecule has 1 aliphatic rings. The first-order valence-electron chi connectivity index (χ1n) is 8.01. The first-order valence-corrected chi connectivity index (χ1v) is 8.01. The molecule has 0 saturated carbocycles. The van der Waals surface area contributed by atoms with Crippen LogP contribution in [0.3, 0.4) is 0 Å². The lowest BCUT2D eigenvalue weighted by molar-refractivity contribution is 0.0321. The molecule has 0 atom stereocenters. The van der Waals surface area contributed by atoms with Gasteiger partial charge in [-0.2, -0.15) is 15.4 Å². The van der Waals surface area contributed by atoms with Crippen molar-refractivity contribution in [1.29, 1.82) is 0 Å². The summed E-state index contributed by atoms with van der Waals surface area (Å²) >= 11 is 0. The highest BCUT2D eigenvalue weighted by Gasteiger charge is 2.17. The molecule has 1 saturated heterocycles. The van der Waals surface area contributed by atoms with E-state index in [1.165, 1.54) is 0 Å². The van der Waals surface area contributed by atoms with Crippen LogP contribution in [-0.4, -0.2) is 72.8 Å². The molecule has 2 aromatic rings. The average molecular weight is 347 g/mol. The fourth-order valence-electron chi connectivity index (χ4n) is 2.65. The van der Waals surface area contributed by atoms with Crippen molar-refractivity contribution in [3.63, 3.8) is 0 Å². The van der Waals surface area contributed by atoms with Gasteiger partial charge in [0.1, 0.15) is 12.3 Å². The van der Waals surface area contributed by atoms with Crippen LogP contribution in [0.2, 0.25) is 0 Å². The maximum atomic E-state index is 11.4. The highest BCUT2D eigenvalue weighted by molar-refractivity contribution is 5.96. The number of aromatic nitrogens is 3. The lowest BCUT2D eigenvalue weighted by Crippen LogP contribution is -2.38. The second-order valence-electron chi connectivity index (χ2n) is 5.55. The second-order valence-corrected chi connectivity index (χ2v) is 5.55. The maximum Gasteiger partial charge on any atom is 0.271 e. The Kier molecular flexibility index (Phi) is 5.46. The van der Waals surface area contributed by atoms with Crippen molar-refractivity contribution in [2.75, 3.05) is 46.6 Å². The van der Waals surface area contributed by atoms with E-state index in [9.17, 15) is 4.79 Å². The van der Waals surface area contributed by atoms with Crippen molar-refractivity contribution in [1.82, 2.24) is 20.3 Å². The summed E-state index contributed by atoms with van der Waals surface area (Å²) in [5, 5.41) is 10.2. The van der Waals surface area contributed by atoms with Crippen LogP contribution in [0.5, 0.6) is 11.5 Å². The summed E-state index contributed by atoms with van der Waals surface area (Å²) in [6.07, 6.45) is 0. The van der Waals surface area contributed by atoms with Crippen LogP contribution in [0.4, 0.5) is 0 Å². The van der Waals surface area contributed by atoms with Gasteiger partial charge in [0, 0.05) is 25.2 Å². The van der Waals surface area contributed by atoms with Gasteiger partial charge in [-0.05, 0) is 18.2 Å². The molecular weight excluding hydrogens is 326 g/mol. The molecule has 1 amide bonds. The van der Waals surface area contributed by atoms with Crippen LogP contribution >= 0.6 is 0 Å².